The molecule has 1 rings (SSSR count). The van der Waals surface area contributed by atoms with Crippen LogP contribution in [0.1, 0.15) is 30.1 Å². The van der Waals surface area contributed by atoms with E-state index in [0.717, 1.165) is 0 Å². The highest BCUT2D eigenvalue weighted by molar-refractivity contribution is 6.31. The van der Waals surface area contributed by atoms with Gasteiger partial charge in [0.1, 0.15) is 0 Å². The van der Waals surface area contributed by atoms with Crippen molar-refractivity contribution < 1.29 is 14.8 Å². The van der Waals surface area contributed by atoms with Gasteiger partial charge in [0.05, 0.1) is 4.92 Å². The lowest BCUT2D eigenvalue weighted by Gasteiger charge is -2.13. The van der Waals surface area contributed by atoms with E-state index in [-0.39, 0.29) is 28.9 Å². The van der Waals surface area contributed by atoms with Crippen LogP contribution in [-0.4, -0.2) is 28.6 Å². The molecule has 0 fully saturated rings. The molecule has 0 aliphatic rings. The van der Waals surface area contributed by atoms with Crippen molar-refractivity contribution in [2.45, 2.75) is 25.8 Å². The molecule has 2 N–H and O–H groups in total. The van der Waals surface area contributed by atoms with Crippen LogP contribution in [0.15, 0.2) is 18.2 Å². The first-order valence-corrected chi connectivity index (χ1v) is 6.18. The Labute approximate surface area is 115 Å². The summed E-state index contributed by atoms with van der Waals surface area (Å²) in [4.78, 5) is 22.0. The largest absolute Gasteiger partial charge is 0.396 e. The van der Waals surface area contributed by atoms with Crippen LogP contribution in [0.2, 0.25) is 5.02 Å². The molecule has 0 spiro atoms. The van der Waals surface area contributed by atoms with Crippen molar-refractivity contribution in [1.82, 2.24) is 5.32 Å². The molecule has 0 aliphatic heterocycles. The Morgan fingerprint density at radius 3 is 2.79 bits per heavy atom. The van der Waals surface area contributed by atoms with Crippen LogP contribution in [-0.2, 0) is 0 Å². The molecule has 7 heteroatoms. The number of non-ortho nitro benzene ring substituents is 1. The first-order valence-electron chi connectivity index (χ1n) is 5.80. The molecular formula is C12H15ClN2O4. The number of carbonyl (C=O) groups excluding carboxylic acids is 1. The SMILES string of the molecule is CC(CCCO)NC(=O)c1cc(Cl)cc([N+](=O)[O-])c1. The van der Waals surface area contributed by atoms with E-state index in [4.69, 9.17) is 16.7 Å². The summed E-state index contributed by atoms with van der Waals surface area (Å²) in [5.74, 6) is -0.420. The fourth-order valence-corrected chi connectivity index (χ4v) is 1.82. The summed E-state index contributed by atoms with van der Waals surface area (Å²) in [5.41, 5.74) is -0.0734. The van der Waals surface area contributed by atoms with Gasteiger partial charge in [0.2, 0.25) is 0 Å². The number of hydrogen-bond donors (Lipinski definition) is 2. The number of rotatable bonds is 6. The maximum Gasteiger partial charge on any atom is 0.271 e. The molecule has 1 amide bonds. The van der Waals surface area contributed by atoms with Crippen LogP contribution in [0.4, 0.5) is 5.69 Å². The summed E-state index contributed by atoms with van der Waals surface area (Å²) in [6.45, 7) is 1.86. The molecule has 0 heterocycles. The summed E-state index contributed by atoms with van der Waals surface area (Å²) in [5, 5.41) is 22.2. The van der Waals surface area contributed by atoms with Crippen LogP contribution in [0, 0.1) is 10.1 Å². The zero-order chi connectivity index (χ0) is 14.4. The van der Waals surface area contributed by atoms with Gasteiger partial charge in [-0.05, 0) is 25.8 Å². The average Bonchev–Trinajstić information content (AvgIpc) is 2.35. The molecule has 0 aliphatic carbocycles. The van der Waals surface area contributed by atoms with Crippen molar-refractivity contribution >= 4 is 23.2 Å². The molecular weight excluding hydrogens is 272 g/mol. The lowest BCUT2D eigenvalue weighted by atomic mass is 10.1. The Bertz CT molecular complexity index is 479. The molecule has 104 valence electrons. The predicted molar refractivity (Wildman–Crippen MR) is 71.4 cm³/mol. The van der Waals surface area contributed by atoms with Gasteiger partial charge in [0, 0.05) is 35.4 Å². The number of nitrogens with one attached hydrogen (secondary N) is 1. The summed E-state index contributed by atoms with van der Waals surface area (Å²) >= 11 is 5.74. The first-order chi connectivity index (χ1) is 8.93. The maximum atomic E-state index is 11.9. The Kier molecular flexibility index (Phi) is 5.72. The monoisotopic (exact) mass is 286 g/mol. The minimum absolute atomic E-state index is 0.0584. The van der Waals surface area contributed by atoms with E-state index >= 15 is 0 Å². The molecule has 19 heavy (non-hydrogen) atoms. The minimum atomic E-state index is -0.599. The van der Waals surface area contributed by atoms with Crippen molar-refractivity contribution in [2.24, 2.45) is 0 Å². The molecule has 0 aromatic heterocycles. The summed E-state index contributed by atoms with van der Waals surface area (Å²) < 4.78 is 0. The van der Waals surface area contributed by atoms with Gasteiger partial charge in [-0.15, -0.1) is 0 Å². The molecule has 1 aromatic rings. The number of aliphatic hydroxyl groups excluding tert-OH is 1. The van der Waals surface area contributed by atoms with E-state index in [1.165, 1.54) is 18.2 Å². The average molecular weight is 287 g/mol. The van der Waals surface area contributed by atoms with Crippen molar-refractivity contribution in [3.05, 3.63) is 38.9 Å². The zero-order valence-corrected chi connectivity index (χ0v) is 11.2. The van der Waals surface area contributed by atoms with Crippen LogP contribution >= 0.6 is 11.6 Å². The van der Waals surface area contributed by atoms with Gasteiger partial charge in [-0.25, -0.2) is 0 Å². The lowest BCUT2D eigenvalue weighted by Crippen LogP contribution is -2.32. The van der Waals surface area contributed by atoms with Gasteiger partial charge in [-0.2, -0.15) is 0 Å². The van der Waals surface area contributed by atoms with Gasteiger partial charge in [-0.3, -0.25) is 14.9 Å². The Hall–Kier alpha value is -1.66. The fraction of sp³-hybridized carbons (Fsp3) is 0.417. The molecule has 1 atom stereocenters. The van der Waals surface area contributed by atoms with Crippen molar-refractivity contribution in [1.29, 1.82) is 0 Å². The quantitative estimate of drug-likeness (QED) is 0.619. The van der Waals surface area contributed by atoms with Crippen molar-refractivity contribution in [2.75, 3.05) is 6.61 Å². The number of nitro groups is 1. The Morgan fingerprint density at radius 1 is 1.53 bits per heavy atom. The number of nitrogens with zero attached hydrogens (tertiary/aromatic N) is 1. The van der Waals surface area contributed by atoms with Gasteiger partial charge < -0.3 is 10.4 Å². The summed E-state index contributed by atoms with van der Waals surface area (Å²) in [6.07, 6.45) is 1.21. The van der Waals surface area contributed by atoms with E-state index in [9.17, 15) is 14.9 Å². The van der Waals surface area contributed by atoms with Crippen LogP contribution in [0.5, 0.6) is 0 Å². The van der Waals surface area contributed by atoms with Gasteiger partial charge >= 0.3 is 0 Å². The van der Waals surface area contributed by atoms with Crippen molar-refractivity contribution in [3.8, 4) is 0 Å². The smallest absolute Gasteiger partial charge is 0.271 e. The molecule has 1 aromatic carbocycles. The number of benzene rings is 1. The van der Waals surface area contributed by atoms with Gasteiger partial charge in [-0.1, -0.05) is 11.6 Å². The van der Waals surface area contributed by atoms with Crippen LogP contribution < -0.4 is 5.32 Å². The molecule has 0 radical (unpaired) electrons. The molecule has 0 saturated heterocycles. The van der Waals surface area contributed by atoms with Crippen LogP contribution in [0.25, 0.3) is 0 Å². The van der Waals surface area contributed by atoms with Crippen molar-refractivity contribution in [3.63, 3.8) is 0 Å². The maximum absolute atomic E-state index is 11.9. The number of hydrogen-bond acceptors (Lipinski definition) is 4. The van der Waals surface area contributed by atoms with Gasteiger partial charge in [0.15, 0.2) is 0 Å². The predicted octanol–water partition coefficient (Wildman–Crippen LogP) is 2.14. The second kappa shape index (κ2) is 7.06. The third-order valence-electron chi connectivity index (χ3n) is 2.53. The standard InChI is InChI=1S/C12H15ClN2O4/c1-8(3-2-4-16)14-12(17)9-5-10(13)7-11(6-9)15(18)19/h5-8,16H,2-4H2,1H3,(H,14,17). The van der Waals surface area contributed by atoms with E-state index in [2.05, 4.69) is 5.32 Å². The second-order valence-electron chi connectivity index (χ2n) is 4.20. The van der Waals surface area contributed by atoms with E-state index < -0.39 is 10.8 Å². The topological polar surface area (TPSA) is 92.5 Å². The van der Waals surface area contributed by atoms with Crippen LogP contribution in [0.3, 0.4) is 0 Å². The molecule has 0 bridgehead atoms. The number of carbonyl (C=O) groups is 1. The molecule has 0 saturated carbocycles. The number of amides is 1. The summed E-state index contributed by atoms with van der Waals surface area (Å²) in [6, 6.07) is 3.62. The number of nitro benzene ring substituents is 1. The third-order valence-corrected chi connectivity index (χ3v) is 2.75. The lowest BCUT2D eigenvalue weighted by molar-refractivity contribution is -0.384. The molecule has 6 nitrogen and oxygen atoms in total. The number of halogens is 1. The molecule has 1 unspecified atom stereocenters. The minimum Gasteiger partial charge on any atom is -0.396 e. The fourth-order valence-electron chi connectivity index (χ4n) is 1.59. The third kappa shape index (κ3) is 4.84. The normalized spacial score (nSPS) is 11.9. The first kappa shape index (κ1) is 15.4. The van der Waals surface area contributed by atoms with E-state index in [0.29, 0.717) is 12.8 Å². The van der Waals surface area contributed by atoms with Gasteiger partial charge in [0.25, 0.3) is 11.6 Å². The Morgan fingerprint density at radius 2 is 2.21 bits per heavy atom. The highest BCUT2D eigenvalue weighted by Crippen LogP contribution is 2.21. The zero-order valence-electron chi connectivity index (χ0n) is 10.4. The summed E-state index contributed by atoms with van der Waals surface area (Å²) in [7, 11) is 0. The highest BCUT2D eigenvalue weighted by atomic mass is 35.5. The number of aliphatic hydroxyl groups is 1. The van der Waals surface area contributed by atoms with E-state index in [1.54, 1.807) is 6.92 Å². The second-order valence-corrected chi connectivity index (χ2v) is 4.63. The Balaban J connectivity index is 2.79. The van der Waals surface area contributed by atoms with E-state index in [1.807, 2.05) is 0 Å². The highest BCUT2D eigenvalue weighted by Gasteiger charge is 2.15.